The summed E-state index contributed by atoms with van der Waals surface area (Å²) in [5.74, 6) is 0.705. The Kier molecular flexibility index (Phi) is 4.24. The van der Waals surface area contributed by atoms with E-state index in [1.54, 1.807) is 18.3 Å². The van der Waals surface area contributed by atoms with Gasteiger partial charge in [-0.25, -0.2) is 9.97 Å². The number of nitrogens with one attached hydrogen (secondary N) is 1. The van der Waals surface area contributed by atoms with E-state index in [0.29, 0.717) is 24.5 Å². The molecule has 0 aliphatic rings. The fourth-order valence-corrected chi connectivity index (χ4v) is 1.94. The van der Waals surface area contributed by atoms with Crippen molar-refractivity contribution in [3.05, 3.63) is 57.7 Å². The van der Waals surface area contributed by atoms with Gasteiger partial charge in [-0.3, -0.25) is 10.1 Å². The lowest BCUT2D eigenvalue weighted by molar-refractivity contribution is -0.385. The topological polar surface area (TPSA) is 81.0 Å². The van der Waals surface area contributed by atoms with Gasteiger partial charge in [-0.1, -0.05) is 13.0 Å². The third kappa shape index (κ3) is 3.28. The van der Waals surface area contributed by atoms with Crippen molar-refractivity contribution in [1.29, 1.82) is 0 Å². The molecule has 0 aliphatic heterocycles. The molecule has 1 aromatic carbocycles. The molecule has 2 rings (SSSR count). The van der Waals surface area contributed by atoms with Gasteiger partial charge in [0.05, 0.1) is 17.2 Å². The maximum Gasteiger partial charge on any atom is 0.274 e. The first-order valence-electron chi connectivity index (χ1n) is 6.40. The number of aryl methyl sites for hydroxylation is 2. The molecule has 2 aromatic rings. The Morgan fingerprint density at radius 3 is 2.80 bits per heavy atom. The summed E-state index contributed by atoms with van der Waals surface area (Å²) < 4.78 is 0. The Morgan fingerprint density at radius 1 is 1.35 bits per heavy atom. The van der Waals surface area contributed by atoms with Crippen molar-refractivity contribution >= 4 is 11.4 Å². The molecule has 1 aromatic heterocycles. The van der Waals surface area contributed by atoms with Gasteiger partial charge in [-0.05, 0) is 25.5 Å². The zero-order valence-corrected chi connectivity index (χ0v) is 11.5. The monoisotopic (exact) mass is 272 g/mol. The van der Waals surface area contributed by atoms with Crippen LogP contribution in [0.25, 0.3) is 0 Å². The fourth-order valence-electron chi connectivity index (χ4n) is 1.94. The number of hydrogen-bond donors (Lipinski definition) is 1. The minimum absolute atomic E-state index is 0.149. The van der Waals surface area contributed by atoms with Crippen molar-refractivity contribution in [2.75, 3.05) is 5.32 Å². The van der Waals surface area contributed by atoms with Crippen LogP contribution in [-0.2, 0) is 13.0 Å². The molecule has 0 saturated heterocycles. The normalized spacial score (nSPS) is 10.3. The second-order valence-corrected chi connectivity index (χ2v) is 4.40. The Balaban J connectivity index is 2.14. The van der Waals surface area contributed by atoms with Gasteiger partial charge >= 0.3 is 0 Å². The average molecular weight is 272 g/mol. The third-order valence-corrected chi connectivity index (χ3v) is 2.97. The Labute approximate surface area is 117 Å². The molecule has 20 heavy (non-hydrogen) atoms. The number of nitrogens with zero attached hydrogens (tertiary/aromatic N) is 3. The lowest BCUT2D eigenvalue weighted by Gasteiger charge is -2.08. The van der Waals surface area contributed by atoms with Crippen molar-refractivity contribution in [1.82, 2.24) is 9.97 Å². The Hall–Kier alpha value is -2.50. The van der Waals surface area contributed by atoms with Crippen LogP contribution in [0.15, 0.2) is 30.5 Å². The molecule has 0 unspecified atom stereocenters. The van der Waals surface area contributed by atoms with E-state index in [-0.39, 0.29) is 10.6 Å². The van der Waals surface area contributed by atoms with Crippen molar-refractivity contribution in [2.45, 2.75) is 26.8 Å². The van der Waals surface area contributed by atoms with Crippen molar-refractivity contribution in [3.63, 3.8) is 0 Å². The van der Waals surface area contributed by atoms with Gasteiger partial charge in [0, 0.05) is 23.5 Å². The predicted octanol–water partition coefficient (Wildman–Crippen LogP) is 2.87. The van der Waals surface area contributed by atoms with Gasteiger partial charge in [0.15, 0.2) is 0 Å². The van der Waals surface area contributed by atoms with Gasteiger partial charge < -0.3 is 5.32 Å². The maximum atomic E-state index is 11.0. The number of nitro groups is 1. The number of aromatic nitrogens is 2. The van der Waals surface area contributed by atoms with Crippen LogP contribution >= 0.6 is 0 Å². The highest BCUT2D eigenvalue weighted by Gasteiger charge is 2.12. The first-order chi connectivity index (χ1) is 9.60. The minimum Gasteiger partial charge on any atom is -0.379 e. The Morgan fingerprint density at radius 2 is 2.15 bits per heavy atom. The molecule has 6 nitrogen and oxygen atoms in total. The molecular formula is C14H16N4O2. The zero-order chi connectivity index (χ0) is 14.5. The van der Waals surface area contributed by atoms with Gasteiger partial charge in [-0.15, -0.1) is 0 Å². The fraction of sp³-hybridized carbons (Fsp3) is 0.286. The summed E-state index contributed by atoms with van der Waals surface area (Å²) in [5.41, 5.74) is 2.44. The van der Waals surface area contributed by atoms with E-state index in [4.69, 9.17) is 0 Å². The van der Waals surface area contributed by atoms with Crippen LogP contribution in [0, 0.1) is 17.0 Å². The van der Waals surface area contributed by atoms with E-state index in [2.05, 4.69) is 15.3 Å². The molecule has 0 atom stereocenters. The standard InChI is InChI=1S/C14H16N4O2/c1-3-11-4-5-12(8-14(11)18(19)20)16-9-13-6-7-15-10(2)17-13/h4-8,16H,3,9H2,1-2H3. The summed E-state index contributed by atoms with van der Waals surface area (Å²) in [6.07, 6.45) is 2.34. The number of nitro benzene ring substituents is 1. The first-order valence-corrected chi connectivity index (χ1v) is 6.40. The first kappa shape index (κ1) is 13.9. The van der Waals surface area contributed by atoms with Crippen molar-refractivity contribution < 1.29 is 4.92 Å². The highest BCUT2D eigenvalue weighted by atomic mass is 16.6. The van der Waals surface area contributed by atoms with Crippen LogP contribution in [0.3, 0.4) is 0 Å². The van der Waals surface area contributed by atoms with Crippen LogP contribution in [0.5, 0.6) is 0 Å². The Bertz CT molecular complexity index is 628. The average Bonchev–Trinajstić information content (AvgIpc) is 2.45. The summed E-state index contributed by atoms with van der Waals surface area (Å²) in [4.78, 5) is 19.0. The SMILES string of the molecule is CCc1ccc(NCc2ccnc(C)n2)cc1[N+](=O)[O-]. The molecule has 1 heterocycles. The summed E-state index contributed by atoms with van der Waals surface area (Å²) in [5, 5.41) is 14.1. The van der Waals surface area contributed by atoms with Crippen LogP contribution in [0.1, 0.15) is 24.0 Å². The van der Waals surface area contributed by atoms with Gasteiger partial charge in [0.1, 0.15) is 5.82 Å². The molecule has 1 N–H and O–H groups in total. The minimum atomic E-state index is -0.348. The predicted molar refractivity (Wildman–Crippen MR) is 76.6 cm³/mol. The second-order valence-electron chi connectivity index (χ2n) is 4.40. The van der Waals surface area contributed by atoms with Gasteiger partial charge in [0.25, 0.3) is 5.69 Å². The molecule has 0 saturated carbocycles. The van der Waals surface area contributed by atoms with Crippen LogP contribution < -0.4 is 5.32 Å². The summed E-state index contributed by atoms with van der Waals surface area (Å²) in [6.45, 7) is 4.23. The molecular weight excluding hydrogens is 256 g/mol. The molecule has 6 heteroatoms. The molecule has 0 fully saturated rings. The van der Waals surface area contributed by atoms with Crippen molar-refractivity contribution in [2.24, 2.45) is 0 Å². The van der Waals surface area contributed by atoms with E-state index in [0.717, 1.165) is 11.3 Å². The second kappa shape index (κ2) is 6.10. The quantitative estimate of drug-likeness (QED) is 0.668. The van der Waals surface area contributed by atoms with E-state index in [1.165, 1.54) is 0 Å². The number of benzene rings is 1. The highest BCUT2D eigenvalue weighted by Crippen LogP contribution is 2.23. The molecule has 0 bridgehead atoms. The highest BCUT2D eigenvalue weighted by molar-refractivity contribution is 5.55. The maximum absolute atomic E-state index is 11.0. The summed E-state index contributed by atoms with van der Waals surface area (Å²) in [7, 11) is 0. The molecule has 0 radical (unpaired) electrons. The molecule has 0 aliphatic carbocycles. The van der Waals surface area contributed by atoms with Crippen LogP contribution in [-0.4, -0.2) is 14.9 Å². The molecule has 104 valence electrons. The van der Waals surface area contributed by atoms with Crippen molar-refractivity contribution in [3.8, 4) is 0 Å². The summed E-state index contributed by atoms with van der Waals surface area (Å²) in [6, 6.07) is 7.01. The third-order valence-electron chi connectivity index (χ3n) is 2.97. The molecule has 0 amide bonds. The molecule has 0 spiro atoms. The lowest BCUT2D eigenvalue weighted by Crippen LogP contribution is -2.04. The van der Waals surface area contributed by atoms with Crippen LogP contribution in [0.4, 0.5) is 11.4 Å². The van der Waals surface area contributed by atoms with E-state index in [9.17, 15) is 10.1 Å². The number of hydrogen-bond acceptors (Lipinski definition) is 5. The number of anilines is 1. The van der Waals surface area contributed by atoms with E-state index >= 15 is 0 Å². The largest absolute Gasteiger partial charge is 0.379 e. The van der Waals surface area contributed by atoms with Gasteiger partial charge in [-0.2, -0.15) is 0 Å². The van der Waals surface area contributed by atoms with Gasteiger partial charge in [0.2, 0.25) is 0 Å². The van der Waals surface area contributed by atoms with E-state index < -0.39 is 0 Å². The zero-order valence-electron chi connectivity index (χ0n) is 11.5. The lowest BCUT2D eigenvalue weighted by atomic mass is 10.1. The number of rotatable bonds is 5. The van der Waals surface area contributed by atoms with Crippen LogP contribution in [0.2, 0.25) is 0 Å². The smallest absolute Gasteiger partial charge is 0.274 e. The van der Waals surface area contributed by atoms with E-state index in [1.807, 2.05) is 26.0 Å². The summed E-state index contributed by atoms with van der Waals surface area (Å²) >= 11 is 0.